The summed E-state index contributed by atoms with van der Waals surface area (Å²) in [5.74, 6) is -0.458. The van der Waals surface area contributed by atoms with Crippen LogP contribution in [0.3, 0.4) is 0 Å². The minimum atomic E-state index is -0.330. The number of nitrogen functional groups attached to an aromatic ring is 1. The van der Waals surface area contributed by atoms with Gasteiger partial charge in [-0.15, -0.1) is 0 Å². The number of rotatable bonds is 4. The fraction of sp³-hybridized carbons (Fsp3) is 0.385. The molecule has 0 radical (unpaired) electrons. The summed E-state index contributed by atoms with van der Waals surface area (Å²) >= 11 is 0. The molecule has 0 aliphatic rings. The van der Waals surface area contributed by atoms with E-state index in [1.54, 1.807) is 25.2 Å². The average Bonchev–Trinajstić information content (AvgIpc) is 2.34. The molecule has 0 atom stereocenters. The third-order valence-corrected chi connectivity index (χ3v) is 2.71. The summed E-state index contributed by atoms with van der Waals surface area (Å²) in [6.07, 6.45) is 0.187. The Morgan fingerprint density at radius 2 is 2.06 bits per heavy atom. The van der Waals surface area contributed by atoms with Crippen LogP contribution in [0.15, 0.2) is 18.2 Å². The van der Waals surface area contributed by atoms with Crippen molar-refractivity contribution in [1.29, 1.82) is 0 Å². The number of benzene rings is 1. The van der Waals surface area contributed by atoms with E-state index in [9.17, 15) is 9.59 Å². The Balaban J connectivity index is 2.71. The molecule has 1 amide bonds. The highest BCUT2D eigenvalue weighted by atomic mass is 16.5. The number of esters is 1. The molecule has 0 spiro atoms. The highest BCUT2D eigenvalue weighted by Crippen LogP contribution is 2.14. The van der Waals surface area contributed by atoms with E-state index >= 15 is 0 Å². The van der Waals surface area contributed by atoms with Crippen molar-refractivity contribution in [3.8, 4) is 0 Å². The van der Waals surface area contributed by atoms with Crippen LogP contribution in [-0.4, -0.2) is 37.5 Å². The quantitative estimate of drug-likeness (QED) is 0.644. The fourth-order valence-electron chi connectivity index (χ4n) is 1.60. The second-order valence-corrected chi connectivity index (χ2v) is 4.13. The van der Waals surface area contributed by atoms with E-state index < -0.39 is 0 Å². The van der Waals surface area contributed by atoms with E-state index in [1.807, 2.05) is 6.92 Å². The average molecular weight is 250 g/mol. The summed E-state index contributed by atoms with van der Waals surface area (Å²) < 4.78 is 4.53. The molecule has 0 aromatic heterocycles. The minimum Gasteiger partial charge on any atom is -0.469 e. The van der Waals surface area contributed by atoms with E-state index in [4.69, 9.17) is 5.73 Å². The van der Waals surface area contributed by atoms with Crippen LogP contribution in [0, 0.1) is 6.92 Å². The number of nitrogens with two attached hydrogens (primary N) is 1. The van der Waals surface area contributed by atoms with Gasteiger partial charge in [0.25, 0.3) is 5.91 Å². The first-order chi connectivity index (χ1) is 8.45. The lowest BCUT2D eigenvalue weighted by atomic mass is 10.1. The summed E-state index contributed by atoms with van der Waals surface area (Å²) in [6, 6.07) is 5.14. The van der Waals surface area contributed by atoms with Gasteiger partial charge in [0.2, 0.25) is 0 Å². The molecule has 18 heavy (non-hydrogen) atoms. The van der Waals surface area contributed by atoms with Gasteiger partial charge < -0.3 is 15.4 Å². The molecule has 0 fully saturated rings. The molecule has 0 heterocycles. The molecule has 1 rings (SSSR count). The lowest BCUT2D eigenvalue weighted by Crippen LogP contribution is -2.29. The molecule has 0 aliphatic heterocycles. The predicted molar refractivity (Wildman–Crippen MR) is 69.2 cm³/mol. The van der Waals surface area contributed by atoms with Crippen molar-refractivity contribution in [3.05, 3.63) is 29.3 Å². The first-order valence-electron chi connectivity index (χ1n) is 5.64. The van der Waals surface area contributed by atoms with Crippen molar-refractivity contribution in [2.45, 2.75) is 13.3 Å². The van der Waals surface area contributed by atoms with Crippen molar-refractivity contribution in [1.82, 2.24) is 4.90 Å². The lowest BCUT2D eigenvalue weighted by molar-refractivity contribution is -0.140. The van der Waals surface area contributed by atoms with Gasteiger partial charge in [-0.05, 0) is 30.7 Å². The Labute approximate surface area is 107 Å². The van der Waals surface area contributed by atoms with Crippen LogP contribution in [-0.2, 0) is 9.53 Å². The monoisotopic (exact) mass is 250 g/mol. The van der Waals surface area contributed by atoms with Crippen LogP contribution in [0.4, 0.5) is 5.69 Å². The van der Waals surface area contributed by atoms with Gasteiger partial charge in [0.15, 0.2) is 0 Å². The molecular formula is C13H18N2O3. The maximum absolute atomic E-state index is 12.1. The van der Waals surface area contributed by atoms with E-state index in [0.29, 0.717) is 17.8 Å². The largest absolute Gasteiger partial charge is 0.469 e. The third kappa shape index (κ3) is 3.48. The van der Waals surface area contributed by atoms with Crippen LogP contribution < -0.4 is 5.73 Å². The van der Waals surface area contributed by atoms with Crippen LogP contribution >= 0.6 is 0 Å². The molecule has 1 aromatic rings. The second kappa shape index (κ2) is 6.05. The molecule has 0 saturated heterocycles. The zero-order valence-electron chi connectivity index (χ0n) is 10.9. The summed E-state index contributed by atoms with van der Waals surface area (Å²) in [4.78, 5) is 24.6. The second-order valence-electron chi connectivity index (χ2n) is 4.13. The number of methoxy groups -OCH3 is 1. The molecular weight excluding hydrogens is 232 g/mol. The summed E-state index contributed by atoms with van der Waals surface area (Å²) in [6.45, 7) is 2.16. The molecule has 0 saturated carbocycles. The number of ether oxygens (including phenoxy) is 1. The van der Waals surface area contributed by atoms with Crippen molar-refractivity contribution in [3.63, 3.8) is 0 Å². The number of hydrogen-bond donors (Lipinski definition) is 1. The number of anilines is 1. The van der Waals surface area contributed by atoms with E-state index in [-0.39, 0.29) is 18.3 Å². The van der Waals surface area contributed by atoms with Gasteiger partial charge in [-0.25, -0.2) is 0 Å². The number of carbonyl (C=O) groups excluding carboxylic acids is 2. The van der Waals surface area contributed by atoms with Gasteiger partial charge in [0.05, 0.1) is 13.5 Å². The number of nitrogens with zero attached hydrogens (tertiary/aromatic N) is 1. The number of hydrogen-bond acceptors (Lipinski definition) is 4. The minimum absolute atomic E-state index is 0.128. The molecule has 1 aromatic carbocycles. The Morgan fingerprint density at radius 1 is 1.39 bits per heavy atom. The standard InChI is InChI=1S/C13H18N2O3/c1-9-8-10(14)4-5-11(9)13(17)15(2)7-6-12(16)18-3/h4-5,8H,6-7,14H2,1-3H3. The first-order valence-corrected chi connectivity index (χ1v) is 5.64. The van der Waals surface area contributed by atoms with Crippen LogP contribution in [0.25, 0.3) is 0 Å². The van der Waals surface area contributed by atoms with Gasteiger partial charge in [-0.3, -0.25) is 9.59 Å². The Hall–Kier alpha value is -2.04. The third-order valence-electron chi connectivity index (χ3n) is 2.71. The van der Waals surface area contributed by atoms with Crippen molar-refractivity contribution >= 4 is 17.6 Å². The number of amides is 1. The van der Waals surface area contributed by atoms with E-state index in [1.165, 1.54) is 12.0 Å². The Morgan fingerprint density at radius 3 is 2.61 bits per heavy atom. The molecule has 98 valence electrons. The topological polar surface area (TPSA) is 72.6 Å². The highest BCUT2D eigenvalue weighted by molar-refractivity contribution is 5.96. The normalized spacial score (nSPS) is 9.94. The molecule has 0 unspecified atom stereocenters. The number of carbonyl (C=O) groups is 2. The fourth-order valence-corrected chi connectivity index (χ4v) is 1.60. The lowest BCUT2D eigenvalue weighted by Gasteiger charge is -2.17. The zero-order valence-corrected chi connectivity index (χ0v) is 10.9. The van der Waals surface area contributed by atoms with E-state index in [0.717, 1.165) is 5.56 Å². The maximum atomic E-state index is 12.1. The van der Waals surface area contributed by atoms with Crippen molar-refractivity contribution in [2.75, 3.05) is 26.4 Å². The Kier molecular flexibility index (Phi) is 4.71. The molecule has 0 bridgehead atoms. The van der Waals surface area contributed by atoms with Crippen LogP contribution in [0.5, 0.6) is 0 Å². The maximum Gasteiger partial charge on any atom is 0.307 e. The first kappa shape index (κ1) is 14.0. The van der Waals surface area contributed by atoms with Crippen molar-refractivity contribution < 1.29 is 14.3 Å². The zero-order chi connectivity index (χ0) is 13.7. The molecule has 2 N–H and O–H groups in total. The predicted octanol–water partition coefficient (Wildman–Crippen LogP) is 1.21. The molecule has 5 nitrogen and oxygen atoms in total. The van der Waals surface area contributed by atoms with Gasteiger partial charge in [-0.2, -0.15) is 0 Å². The smallest absolute Gasteiger partial charge is 0.307 e. The molecule has 5 heteroatoms. The highest BCUT2D eigenvalue weighted by Gasteiger charge is 2.15. The molecule has 0 aliphatic carbocycles. The SMILES string of the molecule is COC(=O)CCN(C)C(=O)c1ccc(N)cc1C. The van der Waals surface area contributed by atoms with Gasteiger partial charge in [0.1, 0.15) is 0 Å². The number of aryl methyl sites for hydroxylation is 1. The van der Waals surface area contributed by atoms with Crippen molar-refractivity contribution in [2.24, 2.45) is 0 Å². The van der Waals surface area contributed by atoms with E-state index in [2.05, 4.69) is 4.74 Å². The Bertz CT molecular complexity index is 458. The van der Waals surface area contributed by atoms with Gasteiger partial charge in [0, 0.05) is 24.8 Å². The van der Waals surface area contributed by atoms with Gasteiger partial charge in [-0.1, -0.05) is 0 Å². The summed E-state index contributed by atoms with van der Waals surface area (Å²) in [5, 5.41) is 0. The van der Waals surface area contributed by atoms with Gasteiger partial charge >= 0.3 is 5.97 Å². The summed E-state index contributed by atoms with van der Waals surface area (Å²) in [5.41, 5.74) is 7.68. The van der Waals surface area contributed by atoms with Crippen LogP contribution in [0.1, 0.15) is 22.3 Å². The summed E-state index contributed by atoms with van der Waals surface area (Å²) in [7, 11) is 2.98. The van der Waals surface area contributed by atoms with Crippen LogP contribution in [0.2, 0.25) is 0 Å².